The number of aromatic hydroxyl groups is 1. The first kappa shape index (κ1) is 21.9. The highest BCUT2D eigenvalue weighted by Crippen LogP contribution is 2.30. The molecule has 1 amide bonds. The average molecular weight is 451 g/mol. The molecule has 1 aliphatic rings. The van der Waals surface area contributed by atoms with Crippen molar-refractivity contribution in [2.45, 2.75) is 18.9 Å². The molecule has 7 heteroatoms. The summed E-state index contributed by atoms with van der Waals surface area (Å²) < 4.78 is 0. The Bertz CT molecular complexity index is 1140. The van der Waals surface area contributed by atoms with Crippen molar-refractivity contribution in [1.82, 2.24) is 0 Å². The summed E-state index contributed by atoms with van der Waals surface area (Å²) in [5.41, 5.74) is 3.04. The number of aliphatic hydroxyl groups excluding tert-OH is 1. The topological polar surface area (TPSA) is 89.9 Å². The Balaban J connectivity index is 1.63. The van der Waals surface area contributed by atoms with E-state index in [1.165, 1.54) is 6.07 Å². The SMILES string of the molecule is O=C(Nc1cc(-c2ccccc2)ccc1C(=O)Cl)c1cc(N2CCC(O)CC2)ccc1O. The third kappa shape index (κ3) is 4.77. The highest BCUT2D eigenvalue weighted by molar-refractivity contribution is 6.68. The van der Waals surface area contributed by atoms with E-state index < -0.39 is 11.1 Å². The lowest BCUT2D eigenvalue weighted by atomic mass is 10.0. The van der Waals surface area contributed by atoms with E-state index in [2.05, 4.69) is 10.2 Å². The van der Waals surface area contributed by atoms with Gasteiger partial charge in [0.15, 0.2) is 0 Å². The van der Waals surface area contributed by atoms with Gasteiger partial charge in [-0.15, -0.1) is 0 Å². The number of piperidine rings is 1. The molecule has 0 aromatic heterocycles. The Labute approximate surface area is 191 Å². The molecule has 1 fully saturated rings. The van der Waals surface area contributed by atoms with E-state index in [0.29, 0.717) is 25.9 Å². The van der Waals surface area contributed by atoms with Gasteiger partial charge in [0.05, 0.1) is 22.9 Å². The molecule has 32 heavy (non-hydrogen) atoms. The average Bonchev–Trinajstić information content (AvgIpc) is 2.80. The number of rotatable bonds is 5. The van der Waals surface area contributed by atoms with Crippen molar-refractivity contribution < 1.29 is 19.8 Å². The number of nitrogens with one attached hydrogen (secondary N) is 1. The van der Waals surface area contributed by atoms with Gasteiger partial charge in [-0.3, -0.25) is 9.59 Å². The normalized spacial score (nSPS) is 14.2. The van der Waals surface area contributed by atoms with Crippen LogP contribution in [-0.4, -0.2) is 40.6 Å². The van der Waals surface area contributed by atoms with Crippen LogP contribution in [0.1, 0.15) is 33.6 Å². The smallest absolute Gasteiger partial charge is 0.259 e. The van der Waals surface area contributed by atoms with E-state index >= 15 is 0 Å². The molecule has 3 aromatic rings. The molecule has 164 valence electrons. The molecular formula is C25H23ClN2O4. The van der Waals surface area contributed by atoms with Gasteiger partial charge in [-0.25, -0.2) is 0 Å². The van der Waals surface area contributed by atoms with Crippen LogP contribution in [0.4, 0.5) is 11.4 Å². The third-order valence-corrected chi connectivity index (χ3v) is 5.84. The van der Waals surface area contributed by atoms with Gasteiger partial charge in [0.2, 0.25) is 0 Å². The predicted octanol–water partition coefficient (Wildman–Crippen LogP) is 4.65. The molecule has 4 rings (SSSR count). The summed E-state index contributed by atoms with van der Waals surface area (Å²) in [4.78, 5) is 27.0. The second-order valence-corrected chi connectivity index (χ2v) is 8.12. The van der Waals surface area contributed by atoms with Crippen LogP contribution < -0.4 is 10.2 Å². The second-order valence-electron chi connectivity index (χ2n) is 7.77. The minimum absolute atomic E-state index is 0.0895. The van der Waals surface area contributed by atoms with Gasteiger partial charge < -0.3 is 20.4 Å². The number of amides is 1. The summed E-state index contributed by atoms with van der Waals surface area (Å²) in [6.07, 6.45) is 0.987. The summed E-state index contributed by atoms with van der Waals surface area (Å²) >= 11 is 5.74. The van der Waals surface area contributed by atoms with Crippen molar-refractivity contribution in [3.05, 3.63) is 77.9 Å². The number of benzene rings is 3. The van der Waals surface area contributed by atoms with Gasteiger partial charge in [-0.2, -0.15) is 0 Å². The number of halogens is 1. The molecule has 0 bridgehead atoms. The quantitative estimate of drug-likeness (QED) is 0.492. The lowest BCUT2D eigenvalue weighted by molar-refractivity contribution is 0.102. The van der Waals surface area contributed by atoms with E-state index in [1.54, 1.807) is 30.3 Å². The number of hydrogen-bond acceptors (Lipinski definition) is 5. The molecule has 3 aromatic carbocycles. The van der Waals surface area contributed by atoms with Crippen molar-refractivity contribution in [1.29, 1.82) is 0 Å². The number of aliphatic hydroxyl groups is 1. The zero-order valence-corrected chi connectivity index (χ0v) is 18.0. The first-order valence-corrected chi connectivity index (χ1v) is 10.8. The minimum Gasteiger partial charge on any atom is -0.507 e. The number of nitrogens with zero attached hydrogens (tertiary/aromatic N) is 1. The van der Waals surface area contributed by atoms with Crippen LogP contribution in [0.2, 0.25) is 0 Å². The molecule has 6 nitrogen and oxygen atoms in total. The maximum absolute atomic E-state index is 13.1. The molecule has 1 saturated heterocycles. The molecule has 3 N–H and O–H groups in total. The van der Waals surface area contributed by atoms with Crippen molar-refractivity contribution in [3.63, 3.8) is 0 Å². The molecule has 1 aliphatic heterocycles. The van der Waals surface area contributed by atoms with Crippen molar-refractivity contribution >= 4 is 34.1 Å². The van der Waals surface area contributed by atoms with E-state index in [0.717, 1.165) is 16.8 Å². The Morgan fingerprint density at radius 2 is 1.62 bits per heavy atom. The van der Waals surface area contributed by atoms with Crippen LogP contribution in [0.15, 0.2) is 66.7 Å². The molecule has 1 heterocycles. The standard InChI is InChI=1S/C25H23ClN2O4/c26-24(31)20-8-6-17(16-4-2-1-3-5-16)14-22(20)27-25(32)21-15-18(7-9-23(21)30)28-12-10-19(29)11-13-28/h1-9,14-15,19,29-30H,10-13H2,(H,27,32). The number of phenols is 1. The lowest BCUT2D eigenvalue weighted by Crippen LogP contribution is -2.35. The largest absolute Gasteiger partial charge is 0.507 e. The van der Waals surface area contributed by atoms with Gasteiger partial charge in [-0.05, 0) is 65.9 Å². The zero-order chi connectivity index (χ0) is 22.7. The fourth-order valence-corrected chi connectivity index (χ4v) is 4.01. The molecule has 0 aliphatic carbocycles. The maximum Gasteiger partial charge on any atom is 0.259 e. The lowest BCUT2D eigenvalue weighted by Gasteiger charge is -2.31. The summed E-state index contributed by atoms with van der Waals surface area (Å²) in [7, 11) is 0. The number of phenolic OH excluding ortho intramolecular Hbond substituents is 1. The summed E-state index contributed by atoms with van der Waals surface area (Å²) in [6.45, 7) is 1.33. The highest BCUT2D eigenvalue weighted by atomic mass is 35.5. The number of carbonyl (C=O) groups is 2. The number of carbonyl (C=O) groups excluding carboxylic acids is 2. The second kappa shape index (κ2) is 9.42. The van der Waals surface area contributed by atoms with E-state index in [9.17, 15) is 19.8 Å². The Kier molecular flexibility index (Phi) is 6.44. The highest BCUT2D eigenvalue weighted by Gasteiger charge is 2.21. The maximum atomic E-state index is 13.1. The van der Waals surface area contributed by atoms with E-state index in [1.807, 2.05) is 30.3 Å². The van der Waals surface area contributed by atoms with Gasteiger partial charge in [0, 0.05) is 18.8 Å². The summed E-state index contributed by atoms with van der Waals surface area (Å²) in [6, 6.07) is 19.4. The fraction of sp³-hybridized carbons (Fsp3) is 0.200. The Hall–Kier alpha value is -3.35. The van der Waals surface area contributed by atoms with Gasteiger partial charge in [0.25, 0.3) is 11.1 Å². The van der Waals surface area contributed by atoms with Crippen LogP contribution in [0, 0.1) is 0 Å². The first-order valence-electron chi connectivity index (χ1n) is 10.4. The van der Waals surface area contributed by atoms with E-state index in [-0.39, 0.29) is 28.7 Å². The Morgan fingerprint density at radius 1 is 0.906 bits per heavy atom. The van der Waals surface area contributed by atoms with Crippen molar-refractivity contribution in [3.8, 4) is 16.9 Å². The monoisotopic (exact) mass is 450 g/mol. The molecule has 0 radical (unpaired) electrons. The Morgan fingerprint density at radius 3 is 2.31 bits per heavy atom. The molecule has 0 spiro atoms. The van der Waals surface area contributed by atoms with Gasteiger partial charge in [-0.1, -0.05) is 36.4 Å². The number of anilines is 2. The molecule has 0 saturated carbocycles. The van der Waals surface area contributed by atoms with Crippen LogP contribution in [0.25, 0.3) is 11.1 Å². The van der Waals surface area contributed by atoms with Crippen LogP contribution in [0.3, 0.4) is 0 Å². The van der Waals surface area contributed by atoms with E-state index in [4.69, 9.17) is 11.6 Å². The summed E-state index contributed by atoms with van der Waals surface area (Å²) in [5, 5.41) is 22.1. The van der Waals surface area contributed by atoms with Crippen molar-refractivity contribution in [2.24, 2.45) is 0 Å². The van der Waals surface area contributed by atoms with Crippen molar-refractivity contribution in [2.75, 3.05) is 23.3 Å². The van der Waals surface area contributed by atoms with Crippen LogP contribution >= 0.6 is 11.6 Å². The zero-order valence-electron chi connectivity index (χ0n) is 17.3. The number of hydrogen-bond donors (Lipinski definition) is 3. The van der Waals surface area contributed by atoms with Crippen LogP contribution in [-0.2, 0) is 0 Å². The summed E-state index contributed by atoms with van der Waals surface area (Å²) in [5.74, 6) is -0.716. The minimum atomic E-state index is -0.690. The predicted molar refractivity (Wildman–Crippen MR) is 126 cm³/mol. The van der Waals surface area contributed by atoms with Crippen LogP contribution in [0.5, 0.6) is 5.75 Å². The van der Waals surface area contributed by atoms with Gasteiger partial charge in [0.1, 0.15) is 5.75 Å². The molecule has 0 unspecified atom stereocenters. The first-order chi connectivity index (χ1) is 15.4. The molecular weight excluding hydrogens is 428 g/mol. The molecule has 0 atom stereocenters. The third-order valence-electron chi connectivity index (χ3n) is 5.64. The fourth-order valence-electron chi connectivity index (χ4n) is 3.85. The van der Waals surface area contributed by atoms with Gasteiger partial charge >= 0.3 is 0 Å².